The van der Waals surface area contributed by atoms with Crippen LogP contribution >= 0.6 is 15.9 Å². The third kappa shape index (κ3) is 2.72. The molecule has 1 N–H and O–H groups in total. The van der Waals surface area contributed by atoms with Gasteiger partial charge in [-0.2, -0.15) is 0 Å². The zero-order chi connectivity index (χ0) is 11.7. The Morgan fingerprint density at radius 3 is 2.53 bits per heavy atom. The first-order valence-electron chi connectivity index (χ1n) is 6.40. The number of hydrogen-bond acceptors (Lipinski definition) is 2. The fraction of sp³-hybridized carbons (Fsp3) is 0.571. The lowest BCUT2D eigenvalue weighted by Gasteiger charge is -2.38. The van der Waals surface area contributed by atoms with Crippen LogP contribution in [0.5, 0.6) is 0 Å². The third-order valence-corrected chi connectivity index (χ3v) is 4.41. The molecule has 1 atom stereocenters. The number of benzene rings is 1. The van der Waals surface area contributed by atoms with Crippen molar-refractivity contribution < 1.29 is 4.74 Å². The second-order valence-electron chi connectivity index (χ2n) is 5.14. The van der Waals surface area contributed by atoms with Gasteiger partial charge >= 0.3 is 0 Å². The van der Waals surface area contributed by atoms with Crippen LogP contribution in [0.2, 0.25) is 0 Å². The first-order valence-corrected chi connectivity index (χ1v) is 7.20. The summed E-state index contributed by atoms with van der Waals surface area (Å²) in [6, 6.07) is 10.1. The largest absolute Gasteiger partial charge is 0.380 e. The molecule has 3 heteroatoms. The molecule has 1 aromatic carbocycles. The van der Waals surface area contributed by atoms with Crippen molar-refractivity contribution in [2.75, 3.05) is 13.2 Å². The highest BCUT2D eigenvalue weighted by atomic mass is 79.9. The number of rotatable bonds is 3. The van der Waals surface area contributed by atoms with Crippen molar-refractivity contribution in [1.82, 2.24) is 5.32 Å². The zero-order valence-electron chi connectivity index (χ0n) is 9.86. The van der Waals surface area contributed by atoms with Crippen LogP contribution in [0.15, 0.2) is 28.7 Å². The molecule has 92 valence electrons. The lowest BCUT2D eigenvalue weighted by Crippen LogP contribution is -2.45. The molecule has 1 heterocycles. The summed E-state index contributed by atoms with van der Waals surface area (Å²) in [4.78, 5) is 0. The molecule has 0 bridgehead atoms. The van der Waals surface area contributed by atoms with Gasteiger partial charge in [0.1, 0.15) is 0 Å². The van der Waals surface area contributed by atoms with Crippen LogP contribution in [0.4, 0.5) is 0 Å². The Hall–Kier alpha value is -0.380. The first-order chi connectivity index (χ1) is 8.31. The molecule has 1 aromatic rings. The molecule has 17 heavy (non-hydrogen) atoms. The number of ether oxygens (including phenoxy) is 1. The highest BCUT2D eigenvalue weighted by molar-refractivity contribution is 9.10. The Morgan fingerprint density at radius 2 is 1.88 bits per heavy atom. The summed E-state index contributed by atoms with van der Waals surface area (Å²) in [5.41, 5.74) is 1.48. The molecule has 1 unspecified atom stereocenters. The van der Waals surface area contributed by atoms with Crippen molar-refractivity contribution >= 4 is 15.9 Å². The molecule has 0 radical (unpaired) electrons. The monoisotopic (exact) mass is 295 g/mol. The number of nitrogens with one attached hydrogen (secondary N) is 1. The van der Waals surface area contributed by atoms with Crippen LogP contribution < -0.4 is 5.32 Å². The maximum absolute atomic E-state index is 5.38. The van der Waals surface area contributed by atoms with Crippen LogP contribution in [-0.4, -0.2) is 25.3 Å². The normalized spacial score (nSPS) is 32.4. The Kier molecular flexibility index (Phi) is 3.50. The molecule has 2 nitrogen and oxygen atoms in total. The van der Waals surface area contributed by atoms with E-state index in [0.717, 1.165) is 19.1 Å². The van der Waals surface area contributed by atoms with Gasteiger partial charge in [-0.3, -0.25) is 0 Å². The second-order valence-corrected chi connectivity index (χ2v) is 6.06. The quantitative estimate of drug-likeness (QED) is 0.925. The maximum atomic E-state index is 5.38. The second kappa shape index (κ2) is 5.09. The molecule has 1 saturated carbocycles. The van der Waals surface area contributed by atoms with Crippen molar-refractivity contribution in [3.05, 3.63) is 34.3 Å². The van der Waals surface area contributed by atoms with Crippen molar-refractivity contribution in [1.29, 1.82) is 0 Å². The SMILES string of the molecule is Brc1ccc(C2CC(NC3CCOC3)C2)cc1. The van der Waals surface area contributed by atoms with E-state index in [-0.39, 0.29) is 0 Å². The molecule has 2 aliphatic rings. The van der Waals surface area contributed by atoms with Gasteiger partial charge in [0.05, 0.1) is 6.61 Å². The van der Waals surface area contributed by atoms with Crippen LogP contribution in [0.1, 0.15) is 30.7 Å². The molecule has 2 fully saturated rings. The fourth-order valence-electron chi connectivity index (χ4n) is 2.76. The molecular formula is C14H18BrNO. The van der Waals surface area contributed by atoms with Gasteiger partial charge in [0.25, 0.3) is 0 Å². The molecule has 0 aromatic heterocycles. The summed E-state index contributed by atoms with van der Waals surface area (Å²) in [7, 11) is 0. The van der Waals surface area contributed by atoms with Crippen LogP contribution in [-0.2, 0) is 4.74 Å². The maximum Gasteiger partial charge on any atom is 0.0620 e. The van der Waals surface area contributed by atoms with Crippen molar-refractivity contribution in [3.8, 4) is 0 Å². The highest BCUT2D eigenvalue weighted by Crippen LogP contribution is 2.37. The minimum Gasteiger partial charge on any atom is -0.380 e. The van der Waals surface area contributed by atoms with Crippen molar-refractivity contribution in [2.24, 2.45) is 0 Å². The summed E-state index contributed by atoms with van der Waals surface area (Å²) < 4.78 is 6.55. The third-order valence-electron chi connectivity index (χ3n) is 3.88. The van der Waals surface area contributed by atoms with E-state index >= 15 is 0 Å². The van der Waals surface area contributed by atoms with Crippen LogP contribution in [0.25, 0.3) is 0 Å². The summed E-state index contributed by atoms with van der Waals surface area (Å²) in [5, 5.41) is 3.69. The molecule has 1 aliphatic carbocycles. The first kappa shape index (κ1) is 11.7. The fourth-order valence-corrected chi connectivity index (χ4v) is 3.02. The standard InChI is InChI=1S/C14H18BrNO/c15-12-3-1-10(2-4-12)11-7-14(8-11)16-13-5-6-17-9-13/h1-4,11,13-14,16H,5-9H2. The predicted octanol–water partition coefficient (Wildman–Crippen LogP) is 3.07. The number of halogens is 1. The molecular weight excluding hydrogens is 278 g/mol. The van der Waals surface area contributed by atoms with E-state index < -0.39 is 0 Å². The van der Waals surface area contributed by atoms with E-state index in [4.69, 9.17) is 4.74 Å². The average Bonchev–Trinajstić information content (AvgIpc) is 2.77. The summed E-state index contributed by atoms with van der Waals surface area (Å²) in [5.74, 6) is 0.753. The van der Waals surface area contributed by atoms with E-state index in [1.54, 1.807) is 0 Å². The summed E-state index contributed by atoms with van der Waals surface area (Å²) in [6.45, 7) is 1.83. The molecule has 1 aliphatic heterocycles. The summed E-state index contributed by atoms with van der Waals surface area (Å²) >= 11 is 3.48. The van der Waals surface area contributed by atoms with E-state index in [0.29, 0.717) is 12.1 Å². The molecule has 0 amide bonds. The Balaban J connectivity index is 1.49. The minimum atomic E-state index is 0.603. The molecule has 1 saturated heterocycles. The van der Waals surface area contributed by atoms with E-state index in [1.807, 2.05) is 0 Å². The smallest absolute Gasteiger partial charge is 0.0620 e. The predicted molar refractivity (Wildman–Crippen MR) is 72.3 cm³/mol. The zero-order valence-corrected chi connectivity index (χ0v) is 11.4. The van der Waals surface area contributed by atoms with E-state index in [9.17, 15) is 0 Å². The van der Waals surface area contributed by atoms with Gasteiger partial charge in [-0.15, -0.1) is 0 Å². The van der Waals surface area contributed by atoms with Crippen LogP contribution in [0.3, 0.4) is 0 Å². The summed E-state index contributed by atoms with van der Waals surface area (Å²) in [6.07, 6.45) is 3.73. The number of hydrogen-bond donors (Lipinski definition) is 1. The average molecular weight is 296 g/mol. The lowest BCUT2D eigenvalue weighted by molar-refractivity contribution is 0.180. The Bertz CT molecular complexity index is 366. The van der Waals surface area contributed by atoms with Gasteiger partial charge in [-0.1, -0.05) is 28.1 Å². The molecule has 3 rings (SSSR count). The van der Waals surface area contributed by atoms with Gasteiger partial charge < -0.3 is 10.1 Å². The van der Waals surface area contributed by atoms with Gasteiger partial charge in [-0.25, -0.2) is 0 Å². The van der Waals surface area contributed by atoms with E-state index in [2.05, 4.69) is 45.5 Å². The molecule has 0 spiro atoms. The highest BCUT2D eigenvalue weighted by Gasteiger charge is 2.32. The van der Waals surface area contributed by atoms with Crippen LogP contribution in [0, 0.1) is 0 Å². The lowest BCUT2D eigenvalue weighted by atomic mass is 9.75. The van der Waals surface area contributed by atoms with Gasteiger partial charge in [0.15, 0.2) is 0 Å². The van der Waals surface area contributed by atoms with Gasteiger partial charge in [0, 0.05) is 23.2 Å². The van der Waals surface area contributed by atoms with Crippen molar-refractivity contribution in [2.45, 2.75) is 37.3 Å². The van der Waals surface area contributed by atoms with E-state index in [1.165, 1.54) is 29.3 Å². The van der Waals surface area contributed by atoms with Gasteiger partial charge in [-0.05, 0) is 42.9 Å². The van der Waals surface area contributed by atoms with Gasteiger partial charge in [0.2, 0.25) is 0 Å². The Morgan fingerprint density at radius 1 is 1.12 bits per heavy atom. The topological polar surface area (TPSA) is 21.3 Å². The Labute approximate surface area is 111 Å². The minimum absolute atomic E-state index is 0.603. The van der Waals surface area contributed by atoms with Crippen molar-refractivity contribution in [3.63, 3.8) is 0 Å².